The number of thioether (sulfide) groups is 1. The first-order valence-electron chi connectivity index (χ1n) is 11.5. The molecule has 0 spiro atoms. The minimum absolute atomic E-state index is 0.0934. The molecule has 0 saturated carbocycles. The van der Waals surface area contributed by atoms with E-state index < -0.39 is 0 Å². The first-order chi connectivity index (χ1) is 17.0. The van der Waals surface area contributed by atoms with Crippen LogP contribution in [0.25, 0.3) is 0 Å². The Morgan fingerprint density at radius 2 is 1.66 bits per heavy atom. The molecule has 2 fully saturated rings. The zero-order valence-electron chi connectivity index (χ0n) is 18.9. The molecule has 0 aliphatic carbocycles. The molecule has 3 amide bonds. The van der Waals surface area contributed by atoms with Crippen LogP contribution in [0.4, 0.5) is 11.4 Å². The van der Waals surface area contributed by atoms with Gasteiger partial charge in [0, 0.05) is 41.5 Å². The maximum Gasteiger partial charge on any atom is 0.255 e. The van der Waals surface area contributed by atoms with Gasteiger partial charge in [0.2, 0.25) is 11.8 Å². The van der Waals surface area contributed by atoms with Crippen LogP contribution in [0.15, 0.2) is 72.8 Å². The second-order valence-corrected chi connectivity index (χ2v) is 10.1. The Balaban J connectivity index is 1.24. The van der Waals surface area contributed by atoms with Crippen molar-refractivity contribution in [2.75, 3.05) is 22.5 Å². The summed E-state index contributed by atoms with van der Waals surface area (Å²) in [6.45, 7) is 1.24. The molecule has 35 heavy (non-hydrogen) atoms. The third-order valence-electron chi connectivity index (χ3n) is 6.20. The molecule has 1 N–H and O–H groups in total. The topological polar surface area (TPSA) is 69.7 Å². The molecule has 178 valence electrons. The van der Waals surface area contributed by atoms with E-state index in [4.69, 9.17) is 11.6 Å². The number of hydrogen-bond donors (Lipinski definition) is 1. The van der Waals surface area contributed by atoms with Gasteiger partial charge in [0.1, 0.15) is 5.37 Å². The molecule has 3 aromatic rings. The zero-order chi connectivity index (χ0) is 24.4. The van der Waals surface area contributed by atoms with Crippen LogP contribution in [0.5, 0.6) is 0 Å². The van der Waals surface area contributed by atoms with Gasteiger partial charge in [-0.25, -0.2) is 0 Å². The summed E-state index contributed by atoms with van der Waals surface area (Å²) >= 11 is 7.57. The number of hydrogen-bond acceptors (Lipinski definition) is 4. The lowest BCUT2D eigenvalue weighted by molar-refractivity contribution is -0.128. The summed E-state index contributed by atoms with van der Waals surface area (Å²) in [4.78, 5) is 40.8. The van der Waals surface area contributed by atoms with Crippen LogP contribution >= 0.6 is 23.4 Å². The number of benzene rings is 3. The molecule has 2 saturated heterocycles. The van der Waals surface area contributed by atoms with Crippen LogP contribution in [-0.4, -0.2) is 34.9 Å². The van der Waals surface area contributed by atoms with Gasteiger partial charge in [0.25, 0.3) is 5.91 Å². The van der Waals surface area contributed by atoms with Gasteiger partial charge >= 0.3 is 0 Å². The Bertz CT molecular complexity index is 1250. The van der Waals surface area contributed by atoms with Crippen LogP contribution < -0.4 is 10.2 Å². The van der Waals surface area contributed by atoms with E-state index in [1.165, 1.54) is 0 Å². The first-order valence-corrected chi connectivity index (χ1v) is 12.9. The van der Waals surface area contributed by atoms with E-state index in [0.29, 0.717) is 35.0 Å². The van der Waals surface area contributed by atoms with Gasteiger partial charge in [-0.1, -0.05) is 35.9 Å². The molecule has 2 aliphatic heterocycles. The number of carbonyl (C=O) groups excluding carboxylic acids is 3. The van der Waals surface area contributed by atoms with E-state index in [0.717, 1.165) is 29.8 Å². The van der Waals surface area contributed by atoms with E-state index in [-0.39, 0.29) is 23.1 Å². The van der Waals surface area contributed by atoms with Crippen molar-refractivity contribution in [3.63, 3.8) is 0 Å². The van der Waals surface area contributed by atoms with Crippen molar-refractivity contribution < 1.29 is 14.4 Å². The summed E-state index contributed by atoms with van der Waals surface area (Å²) in [5.74, 6) is 0.445. The monoisotopic (exact) mass is 505 g/mol. The minimum Gasteiger partial charge on any atom is -0.322 e. The smallest absolute Gasteiger partial charge is 0.255 e. The van der Waals surface area contributed by atoms with Crippen molar-refractivity contribution in [1.82, 2.24) is 4.90 Å². The number of carbonyl (C=O) groups is 3. The highest BCUT2D eigenvalue weighted by molar-refractivity contribution is 8.00. The molecule has 6 nitrogen and oxygen atoms in total. The second-order valence-electron chi connectivity index (χ2n) is 8.58. The van der Waals surface area contributed by atoms with Gasteiger partial charge < -0.3 is 15.1 Å². The predicted octanol–water partition coefficient (Wildman–Crippen LogP) is 5.49. The van der Waals surface area contributed by atoms with Crippen molar-refractivity contribution in [1.29, 1.82) is 0 Å². The number of rotatable bonds is 6. The van der Waals surface area contributed by atoms with Crippen molar-refractivity contribution in [2.24, 2.45) is 0 Å². The molecule has 1 atom stereocenters. The Morgan fingerprint density at radius 3 is 2.31 bits per heavy atom. The molecule has 0 bridgehead atoms. The molecule has 1 unspecified atom stereocenters. The Labute approximate surface area is 213 Å². The van der Waals surface area contributed by atoms with Crippen molar-refractivity contribution in [3.05, 3.63) is 94.5 Å². The molecular formula is C27H24ClN3O3S. The van der Waals surface area contributed by atoms with E-state index >= 15 is 0 Å². The molecule has 0 aromatic heterocycles. The molecular weight excluding hydrogens is 482 g/mol. The average Bonchev–Trinajstić information content (AvgIpc) is 3.46. The van der Waals surface area contributed by atoms with Gasteiger partial charge in [-0.15, -0.1) is 11.8 Å². The van der Waals surface area contributed by atoms with Crippen molar-refractivity contribution in [2.45, 2.75) is 24.8 Å². The van der Waals surface area contributed by atoms with Crippen molar-refractivity contribution in [3.8, 4) is 0 Å². The summed E-state index contributed by atoms with van der Waals surface area (Å²) < 4.78 is 0. The maximum absolute atomic E-state index is 12.8. The molecule has 3 aromatic carbocycles. The minimum atomic E-state index is -0.213. The maximum atomic E-state index is 12.8. The fourth-order valence-electron chi connectivity index (χ4n) is 4.34. The summed E-state index contributed by atoms with van der Waals surface area (Å²) in [5, 5.41) is 3.47. The SMILES string of the molecule is O=C(Nc1ccc(N2CCCC2=O)cc1)c1ccc(C2SCC(=O)N2Cc2ccc(Cl)cc2)cc1. The normalized spacial score (nSPS) is 17.8. The molecule has 0 radical (unpaired) electrons. The highest BCUT2D eigenvalue weighted by atomic mass is 35.5. The third-order valence-corrected chi connectivity index (χ3v) is 7.71. The highest BCUT2D eigenvalue weighted by Gasteiger charge is 2.32. The quantitative estimate of drug-likeness (QED) is 0.480. The predicted molar refractivity (Wildman–Crippen MR) is 140 cm³/mol. The average molecular weight is 506 g/mol. The molecule has 2 heterocycles. The number of nitrogens with zero attached hydrogens (tertiary/aromatic N) is 2. The number of nitrogens with one attached hydrogen (secondary N) is 1. The van der Waals surface area contributed by atoms with E-state index in [1.54, 1.807) is 28.8 Å². The zero-order valence-corrected chi connectivity index (χ0v) is 20.5. The Kier molecular flexibility index (Phi) is 6.79. The number of halogens is 1. The summed E-state index contributed by atoms with van der Waals surface area (Å²) in [7, 11) is 0. The van der Waals surface area contributed by atoms with Crippen LogP contribution in [-0.2, 0) is 16.1 Å². The molecule has 5 rings (SSSR count). The fraction of sp³-hybridized carbons (Fsp3) is 0.222. The van der Waals surface area contributed by atoms with Crippen LogP contribution in [0.2, 0.25) is 5.02 Å². The van der Waals surface area contributed by atoms with Crippen LogP contribution in [0.1, 0.15) is 39.7 Å². The summed E-state index contributed by atoms with van der Waals surface area (Å²) in [5.41, 5.74) is 4.05. The van der Waals surface area contributed by atoms with Gasteiger partial charge in [-0.05, 0) is 66.1 Å². The second kappa shape index (κ2) is 10.1. The Hall–Kier alpha value is -3.29. The molecule has 2 aliphatic rings. The number of amides is 3. The van der Waals surface area contributed by atoms with Gasteiger partial charge in [0.05, 0.1) is 5.75 Å². The van der Waals surface area contributed by atoms with Gasteiger partial charge in [-0.2, -0.15) is 0 Å². The van der Waals surface area contributed by atoms with Gasteiger partial charge in [-0.3, -0.25) is 14.4 Å². The highest BCUT2D eigenvalue weighted by Crippen LogP contribution is 2.39. The largest absolute Gasteiger partial charge is 0.322 e. The molecule has 8 heteroatoms. The van der Waals surface area contributed by atoms with E-state index in [1.807, 2.05) is 65.6 Å². The first kappa shape index (κ1) is 23.5. The third kappa shape index (κ3) is 5.21. The van der Waals surface area contributed by atoms with E-state index in [2.05, 4.69) is 5.32 Å². The lowest BCUT2D eigenvalue weighted by atomic mass is 10.1. The van der Waals surface area contributed by atoms with Crippen LogP contribution in [0.3, 0.4) is 0 Å². The van der Waals surface area contributed by atoms with E-state index in [9.17, 15) is 14.4 Å². The summed E-state index contributed by atoms with van der Waals surface area (Å²) in [6.07, 6.45) is 1.46. The van der Waals surface area contributed by atoms with Crippen molar-refractivity contribution >= 4 is 52.5 Å². The standard InChI is InChI=1S/C27H24ClN3O3S/c28-21-9-3-18(4-10-21)16-31-25(33)17-35-27(31)20-7-5-19(6-8-20)26(34)29-22-11-13-23(14-12-22)30-15-1-2-24(30)32/h3-14,27H,1-2,15-17H2,(H,29,34). The lowest BCUT2D eigenvalue weighted by Crippen LogP contribution is -2.27. The van der Waals surface area contributed by atoms with Gasteiger partial charge in [0.15, 0.2) is 0 Å². The fourth-order valence-corrected chi connectivity index (χ4v) is 5.65. The lowest BCUT2D eigenvalue weighted by Gasteiger charge is -2.24. The summed E-state index contributed by atoms with van der Waals surface area (Å²) in [6, 6.07) is 22.2. The Morgan fingerprint density at radius 1 is 0.943 bits per heavy atom. The van der Waals surface area contributed by atoms with Crippen LogP contribution in [0, 0.1) is 0 Å². The number of anilines is 2.